The van der Waals surface area contributed by atoms with Crippen molar-refractivity contribution >= 4 is 17.0 Å². The molecular weight excluding hydrogens is 250 g/mol. The molecule has 0 fully saturated rings. The van der Waals surface area contributed by atoms with Crippen LogP contribution in [0, 0.1) is 11.3 Å². The minimum Gasteiger partial charge on any atom is -0.369 e. The molecule has 2 N–H and O–H groups in total. The number of nitriles is 1. The van der Waals surface area contributed by atoms with Gasteiger partial charge in [-0.25, -0.2) is 4.98 Å². The van der Waals surface area contributed by atoms with Crippen molar-refractivity contribution in [3.05, 3.63) is 53.3 Å². The van der Waals surface area contributed by atoms with Crippen LogP contribution in [0.5, 0.6) is 0 Å². The summed E-state index contributed by atoms with van der Waals surface area (Å²) in [6.07, 6.45) is 4.26. The van der Waals surface area contributed by atoms with Gasteiger partial charge in [0.05, 0.1) is 16.6 Å². The predicted molar refractivity (Wildman–Crippen MR) is 76.9 cm³/mol. The largest absolute Gasteiger partial charge is 0.369 e. The lowest BCUT2D eigenvalue weighted by Crippen LogP contribution is -1.97. The van der Waals surface area contributed by atoms with Crippen LogP contribution in [0.15, 0.2) is 36.7 Å². The van der Waals surface area contributed by atoms with Crippen molar-refractivity contribution in [2.24, 2.45) is 7.05 Å². The number of nitrogens with zero attached hydrogens (tertiary/aromatic N) is 4. The molecule has 0 bridgehead atoms. The maximum absolute atomic E-state index is 9.32. The number of hydrogen-bond donors (Lipinski definition) is 1. The van der Waals surface area contributed by atoms with Crippen molar-refractivity contribution in [1.29, 1.82) is 5.26 Å². The second-order valence-corrected chi connectivity index (χ2v) is 4.68. The number of nitrogens with two attached hydrogens (primary N) is 1. The van der Waals surface area contributed by atoms with Crippen molar-refractivity contribution in [2.75, 3.05) is 5.73 Å². The van der Waals surface area contributed by atoms with E-state index >= 15 is 0 Å². The SMILES string of the molecule is Cn1c(N)nc2cc(Cc3ccncc3)cc(C#N)c21. The lowest BCUT2D eigenvalue weighted by Gasteiger charge is -2.04. The highest BCUT2D eigenvalue weighted by Gasteiger charge is 2.11. The minimum absolute atomic E-state index is 0.414. The van der Waals surface area contributed by atoms with Crippen LogP contribution in [-0.2, 0) is 13.5 Å². The standard InChI is InChI=1S/C15H13N5/c1-20-14-12(9-16)7-11(8-13(14)19-15(20)17)6-10-2-4-18-5-3-10/h2-5,7-8H,6H2,1H3,(H2,17,19). The monoisotopic (exact) mass is 263 g/mol. The molecule has 98 valence electrons. The molecule has 3 rings (SSSR count). The molecule has 0 amide bonds. The van der Waals surface area contributed by atoms with Crippen LogP contribution in [-0.4, -0.2) is 14.5 Å². The molecule has 2 aromatic heterocycles. The van der Waals surface area contributed by atoms with Crippen LogP contribution in [0.3, 0.4) is 0 Å². The van der Waals surface area contributed by atoms with Gasteiger partial charge in [-0.1, -0.05) is 0 Å². The van der Waals surface area contributed by atoms with Crippen LogP contribution in [0.1, 0.15) is 16.7 Å². The van der Waals surface area contributed by atoms with Crippen LogP contribution >= 0.6 is 0 Å². The summed E-state index contributed by atoms with van der Waals surface area (Å²) in [5.41, 5.74) is 10.1. The number of hydrogen-bond acceptors (Lipinski definition) is 4. The number of pyridine rings is 1. The number of anilines is 1. The van der Waals surface area contributed by atoms with Crippen molar-refractivity contribution in [3.63, 3.8) is 0 Å². The third-order valence-electron chi connectivity index (χ3n) is 3.34. The molecule has 0 atom stereocenters. The Labute approximate surface area is 116 Å². The number of imidazole rings is 1. The first-order valence-electron chi connectivity index (χ1n) is 6.23. The van der Waals surface area contributed by atoms with Gasteiger partial charge in [-0.2, -0.15) is 5.26 Å². The van der Waals surface area contributed by atoms with Crippen LogP contribution in [0.4, 0.5) is 5.95 Å². The Balaban J connectivity index is 2.12. The summed E-state index contributed by atoms with van der Waals surface area (Å²) in [6.45, 7) is 0. The number of aromatic nitrogens is 3. The maximum atomic E-state index is 9.32. The fourth-order valence-electron chi connectivity index (χ4n) is 2.35. The number of benzene rings is 1. The predicted octanol–water partition coefficient (Wildman–Crippen LogP) is 2.01. The Morgan fingerprint density at radius 3 is 2.70 bits per heavy atom. The van der Waals surface area contributed by atoms with Gasteiger partial charge in [0.1, 0.15) is 6.07 Å². The number of aryl methyl sites for hydroxylation is 1. The lowest BCUT2D eigenvalue weighted by molar-refractivity contribution is 0.963. The zero-order valence-electron chi connectivity index (χ0n) is 11.0. The average Bonchev–Trinajstić information content (AvgIpc) is 2.74. The molecular formula is C15H13N5. The topological polar surface area (TPSA) is 80.5 Å². The normalized spacial score (nSPS) is 10.6. The summed E-state index contributed by atoms with van der Waals surface area (Å²) in [6, 6.07) is 10.0. The van der Waals surface area contributed by atoms with Gasteiger partial charge in [0.15, 0.2) is 0 Å². The van der Waals surface area contributed by atoms with Gasteiger partial charge in [-0.05, 0) is 41.8 Å². The number of nitrogen functional groups attached to an aromatic ring is 1. The smallest absolute Gasteiger partial charge is 0.200 e. The highest BCUT2D eigenvalue weighted by Crippen LogP contribution is 2.23. The molecule has 0 saturated carbocycles. The second kappa shape index (κ2) is 4.67. The van der Waals surface area contributed by atoms with Gasteiger partial charge in [-0.3, -0.25) is 4.98 Å². The fourth-order valence-corrected chi connectivity index (χ4v) is 2.35. The van der Waals surface area contributed by atoms with Gasteiger partial charge >= 0.3 is 0 Å². The van der Waals surface area contributed by atoms with E-state index < -0.39 is 0 Å². The van der Waals surface area contributed by atoms with E-state index in [0.29, 0.717) is 11.5 Å². The quantitative estimate of drug-likeness (QED) is 0.767. The summed E-state index contributed by atoms with van der Waals surface area (Å²) in [5, 5.41) is 9.32. The maximum Gasteiger partial charge on any atom is 0.200 e. The molecule has 5 heteroatoms. The summed E-state index contributed by atoms with van der Waals surface area (Å²) >= 11 is 0. The zero-order valence-corrected chi connectivity index (χ0v) is 11.0. The van der Waals surface area contributed by atoms with E-state index in [0.717, 1.165) is 28.6 Å². The van der Waals surface area contributed by atoms with E-state index in [1.165, 1.54) is 0 Å². The molecule has 5 nitrogen and oxygen atoms in total. The summed E-state index contributed by atoms with van der Waals surface area (Å²) in [5.74, 6) is 0.414. The zero-order chi connectivity index (χ0) is 14.1. The van der Waals surface area contributed by atoms with Gasteiger partial charge in [0, 0.05) is 19.4 Å². The molecule has 0 radical (unpaired) electrons. The van der Waals surface area contributed by atoms with Gasteiger partial charge in [-0.15, -0.1) is 0 Å². The minimum atomic E-state index is 0.414. The summed E-state index contributed by atoms with van der Waals surface area (Å²) < 4.78 is 1.74. The highest BCUT2D eigenvalue weighted by molar-refractivity contribution is 5.85. The van der Waals surface area contributed by atoms with Crippen molar-refractivity contribution in [1.82, 2.24) is 14.5 Å². The first-order valence-corrected chi connectivity index (χ1v) is 6.23. The second-order valence-electron chi connectivity index (χ2n) is 4.68. The Morgan fingerprint density at radius 1 is 1.25 bits per heavy atom. The third kappa shape index (κ3) is 1.97. The Bertz CT molecular complexity index is 812. The van der Waals surface area contributed by atoms with E-state index in [-0.39, 0.29) is 0 Å². The van der Waals surface area contributed by atoms with Crippen LogP contribution < -0.4 is 5.73 Å². The molecule has 3 aromatic rings. The van der Waals surface area contributed by atoms with Crippen molar-refractivity contribution < 1.29 is 0 Å². The molecule has 0 spiro atoms. The first-order chi connectivity index (χ1) is 9.69. The Hall–Kier alpha value is -2.87. The molecule has 0 aliphatic carbocycles. The van der Waals surface area contributed by atoms with Crippen molar-refractivity contribution in [3.8, 4) is 6.07 Å². The third-order valence-corrected chi connectivity index (χ3v) is 3.34. The fraction of sp³-hybridized carbons (Fsp3) is 0.133. The molecule has 2 heterocycles. The number of rotatable bonds is 2. The molecule has 0 unspecified atom stereocenters. The average molecular weight is 263 g/mol. The Morgan fingerprint density at radius 2 is 2.00 bits per heavy atom. The van der Waals surface area contributed by atoms with Gasteiger partial charge in [0.25, 0.3) is 0 Å². The Kier molecular flexibility index (Phi) is 2.84. The lowest BCUT2D eigenvalue weighted by atomic mass is 10.0. The van der Waals surface area contributed by atoms with E-state index in [2.05, 4.69) is 16.0 Å². The van der Waals surface area contributed by atoms with E-state index in [9.17, 15) is 5.26 Å². The van der Waals surface area contributed by atoms with Gasteiger partial charge < -0.3 is 10.3 Å². The van der Waals surface area contributed by atoms with E-state index in [4.69, 9.17) is 5.73 Å². The summed E-state index contributed by atoms with van der Waals surface area (Å²) in [7, 11) is 1.81. The molecule has 20 heavy (non-hydrogen) atoms. The first kappa shape index (κ1) is 12.2. The molecule has 0 aliphatic rings. The molecule has 0 aliphatic heterocycles. The molecule has 0 saturated heterocycles. The molecule has 1 aromatic carbocycles. The van der Waals surface area contributed by atoms with E-state index in [1.54, 1.807) is 17.0 Å². The summed E-state index contributed by atoms with van der Waals surface area (Å²) in [4.78, 5) is 8.30. The van der Waals surface area contributed by atoms with Crippen LogP contribution in [0.2, 0.25) is 0 Å². The van der Waals surface area contributed by atoms with Crippen LogP contribution in [0.25, 0.3) is 11.0 Å². The highest BCUT2D eigenvalue weighted by atomic mass is 15.1. The van der Waals surface area contributed by atoms with E-state index in [1.807, 2.05) is 31.3 Å². The van der Waals surface area contributed by atoms with Crippen molar-refractivity contribution in [2.45, 2.75) is 6.42 Å². The van der Waals surface area contributed by atoms with Gasteiger partial charge in [0.2, 0.25) is 5.95 Å². The number of fused-ring (bicyclic) bond motifs is 1.